The maximum atomic E-state index is 11.7. The van der Waals surface area contributed by atoms with Crippen LogP contribution in [0, 0.1) is 0 Å². The van der Waals surface area contributed by atoms with E-state index >= 15 is 0 Å². The fourth-order valence-corrected chi connectivity index (χ4v) is 2.51. The largest absolute Gasteiger partial charge is 0.444 e. The molecular formula is C19H30N2O2. The molecule has 23 heavy (non-hydrogen) atoms. The lowest BCUT2D eigenvalue weighted by Gasteiger charge is -2.22. The molecule has 0 radical (unpaired) electrons. The Morgan fingerprint density at radius 1 is 1.35 bits per heavy atom. The molecule has 1 aliphatic rings. The van der Waals surface area contributed by atoms with Crippen molar-refractivity contribution in [2.45, 2.75) is 71.1 Å². The molecule has 1 aromatic carbocycles. The minimum atomic E-state index is -0.450. The topological polar surface area (TPSA) is 50.4 Å². The Morgan fingerprint density at radius 2 is 2.09 bits per heavy atom. The SMILES string of the molecule is CC(CCNCc1cccc(C2CC2)c1)NC(=O)OC(C)(C)C. The Labute approximate surface area is 140 Å². The number of ether oxygens (including phenoxy) is 1. The summed E-state index contributed by atoms with van der Waals surface area (Å²) in [5, 5.41) is 6.31. The fraction of sp³-hybridized carbons (Fsp3) is 0.632. The van der Waals surface area contributed by atoms with Gasteiger partial charge in [0, 0.05) is 12.6 Å². The van der Waals surface area contributed by atoms with Gasteiger partial charge in [-0.2, -0.15) is 0 Å². The number of amides is 1. The highest BCUT2D eigenvalue weighted by Crippen LogP contribution is 2.40. The molecular weight excluding hydrogens is 288 g/mol. The maximum absolute atomic E-state index is 11.7. The highest BCUT2D eigenvalue weighted by Gasteiger charge is 2.23. The van der Waals surface area contributed by atoms with Gasteiger partial charge in [0.25, 0.3) is 0 Å². The Morgan fingerprint density at radius 3 is 2.74 bits per heavy atom. The van der Waals surface area contributed by atoms with E-state index < -0.39 is 5.60 Å². The summed E-state index contributed by atoms with van der Waals surface area (Å²) < 4.78 is 5.25. The quantitative estimate of drug-likeness (QED) is 0.748. The number of benzene rings is 1. The van der Waals surface area contributed by atoms with Gasteiger partial charge in [-0.25, -0.2) is 4.79 Å². The van der Waals surface area contributed by atoms with Crippen molar-refractivity contribution in [1.82, 2.24) is 10.6 Å². The number of nitrogens with one attached hydrogen (secondary N) is 2. The van der Waals surface area contributed by atoms with Gasteiger partial charge < -0.3 is 15.4 Å². The van der Waals surface area contributed by atoms with Gasteiger partial charge in [0.2, 0.25) is 0 Å². The standard InChI is InChI=1S/C19H30N2O2/c1-14(21-18(22)23-19(2,3)4)10-11-20-13-15-6-5-7-17(12-15)16-8-9-16/h5-7,12,14,16,20H,8-11,13H2,1-4H3,(H,21,22). The van der Waals surface area contributed by atoms with Crippen molar-refractivity contribution in [2.24, 2.45) is 0 Å². The molecule has 1 unspecified atom stereocenters. The molecule has 1 fully saturated rings. The first kappa shape index (κ1) is 17.8. The predicted molar refractivity (Wildman–Crippen MR) is 93.6 cm³/mol. The summed E-state index contributed by atoms with van der Waals surface area (Å²) in [7, 11) is 0. The van der Waals surface area contributed by atoms with E-state index in [4.69, 9.17) is 4.74 Å². The van der Waals surface area contributed by atoms with Crippen molar-refractivity contribution in [2.75, 3.05) is 6.54 Å². The molecule has 1 atom stereocenters. The Bertz CT molecular complexity index is 518. The third-order valence-electron chi connectivity index (χ3n) is 3.85. The van der Waals surface area contributed by atoms with Crippen molar-refractivity contribution in [3.8, 4) is 0 Å². The lowest BCUT2D eigenvalue weighted by Crippen LogP contribution is -2.38. The first-order chi connectivity index (χ1) is 10.8. The zero-order valence-electron chi connectivity index (χ0n) is 14.8. The number of carbonyl (C=O) groups is 1. The van der Waals surface area contributed by atoms with E-state index in [2.05, 4.69) is 34.9 Å². The molecule has 0 aliphatic heterocycles. The summed E-state index contributed by atoms with van der Waals surface area (Å²) in [6.07, 6.45) is 3.21. The lowest BCUT2D eigenvalue weighted by molar-refractivity contribution is 0.0506. The van der Waals surface area contributed by atoms with Gasteiger partial charge in [0.15, 0.2) is 0 Å². The van der Waals surface area contributed by atoms with Crippen molar-refractivity contribution in [1.29, 1.82) is 0 Å². The molecule has 128 valence electrons. The minimum Gasteiger partial charge on any atom is -0.444 e. The smallest absolute Gasteiger partial charge is 0.407 e. The zero-order valence-corrected chi connectivity index (χ0v) is 14.8. The predicted octanol–water partition coefficient (Wildman–Crippen LogP) is 3.96. The Kier molecular flexibility index (Phi) is 6.05. The zero-order chi connectivity index (χ0) is 16.9. The summed E-state index contributed by atoms with van der Waals surface area (Å²) in [6, 6.07) is 8.95. The second-order valence-electron chi connectivity index (χ2n) is 7.53. The normalized spacial score (nSPS) is 16.0. The van der Waals surface area contributed by atoms with Crippen LogP contribution in [0.15, 0.2) is 24.3 Å². The van der Waals surface area contributed by atoms with Crippen molar-refractivity contribution in [3.63, 3.8) is 0 Å². The summed E-state index contributed by atoms with van der Waals surface area (Å²) in [5.41, 5.74) is 2.36. The lowest BCUT2D eigenvalue weighted by atomic mass is 10.1. The van der Waals surface area contributed by atoms with Gasteiger partial charge >= 0.3 is 6.09 Å². The molecule has 2 rings (SSSR count). The number of carbonyl (C=O) groups excluding carboxylic acids is 1. The van der Waals surface area contributed by atoms with E-state index in [-0.39, 0.29) is 12.1 Å². The number of alkyl carbamates (subject to hydrolysis) is 1. The fourth-order valence-electron chi connectivity index (χ4n) is 2.51. The van der Waals surface area contributed by atoms with Crippen LogP contribution < -0.4 is 10.6 Å². The van der Waals surface area contributed by atoms with Gasteiger partial charge in [0.1, 0.15) is 5.60 Å². The van der Waals surface area contributed by atoms with E-state index in [1.165, 1.54) is 24.0 Å². The monoisotopic (exact) mass is 318 g/mol. The maximum Gasteiger partial charge on any atom is 0.407 e. The average Bonchev–Trinajstić information content (AvgIpc) is 3.26. The van der Waals surface area contributed by atoms with Crippen molar-refractivity contribution in [3.05, 3.63) is 35.4 Å². The second-order valence-corrected chi connectivity index (χ2v) is 7.53. The average molecular weight is 318 g/mol. The summed E-state index contributed by atoms with van der Waals surface area (Å²) in [5.74, 6) is 0.799. The molecule has 4 nitrogen and oxygen atoms in total. The van der Waals surface area contributed by atoms with Crippen LogP contribution in [0.2, 0.25) is 0 Å². The molecule has 0 bridgehead atoms. The van der Waals surface area contributed by atoms with E-state index in [0.29, 0.717) is 0 Å². The first-order valence-electron chi connectivity index (χ1n) is 8.62. The highest BCUT2D eigenvalue weighted by atomic mass is 16.6. The van der Waals surface area contributed by atoms with Gasteiger partial charge in [-0.15, -0.1) is 0 Å². The third kappa shape index (κ3) is 7.04. The van der Waals surface area contributed by atoms with E-state index in [0.717, 1.165) is 25.4 Å². The van der Waals surface area contributed by atoms with Crippen LogP contribution in [0.5, 0.6) is 0 Å². The molecule has 2 N–H and O–H groups in total. The summed E-state index contributed by atoms with van der Waals surface area (Å²) in [4.78, 5) is 11.7. The van der Waals surface area contributed by atoms with Gasteiger partial charge in [-0.1, -0.05) is 24.3 Å². The summed E-state index contributed by atoms with van der Waals surface area (Å²) >= 11 is 0. The highest BCUT2D eigenvalue weighted by molar-refractivity contribution is 5.67. The van der Waals surface area contributed by atoms with Gasteiger partial charge in [-0.3, -0.25) is 0 Å². The van der Waals surface area contributed by atoms with Gasteiger partial charge in [0.05, 0.1) is 0 Å². The molecule has 1 aromatic rings. The molecule has 0 spiro atoms. The Balaban J connectivity index is 1.63. The van der Waals surface area contributed by atoms with E-state index in [1.54, 1.807) is 0 Å². The number of hydrogen-bond donors (Lipinski definition) is 2. The van der Waals surface area contributed by atoms with Crippen LogP contribution in [0.1, 0.15) is 64.0 Å². The molecule has 0 saturated heterocycles. The summed E-state index contributed by atoms with van der Waals surface area (Å²) in [6.45, 7) is 9.35. The molecule has 0 aromatic heterocycles. The van der Waals surface area contributed by atoms with Crippen LogP contribution in [-0.2, 0) is 11.3 Å². The van der Waals surface area contributed by atoms with Gasteiger partial charge in [-0.05, 0) is 70.5 Å². The molecule has 4 heteroatoms. The minimum absolute atomic E-state index is 0.0927. The number of rotatable bonds is 7. The van der Waals surface area contributed by atoms with E-state index in [9.17, 15) is 4.79 Å². The van der Waals surface area contributed by atoms with Crippen LogP contribution in [-0.4, -0.2) is 24.3 Å². The van der Waals surface area contributed by atoms with Crippen molar-refractivity contribution >= 4 is 6.09 Å². The molecule has 0 heterocycles. The van der Waals surface area contributed by atoms with Crippen LogP contribution in [0.4, 0.5) is 4.79 Å². The number of hydrogen-bond acceptors (Lipinski definition) is 3. The Hall–Kier alpha value is -1.55. The van der Waals surface area contributed by atoms with Crippen LogP contribution in [0.3, 0.4) is 0 Å². The molecule has 1 amide bonds. The van der Waals surface area contributed by atoms with Crippen molar-refractivity contribution < 1.29 is 9.53 Å². The third-order valence-corrected chi connectivity index (χ3v) is 3.85. The van der Waals surface area contributed by atoms with E-state index in [1.807, 2.05) is 27.7 Å². The molecule has 1 aliphatic carbocycles. The van der Waals surface area contributed by atoms with Crippen LogP contribution >= 0.6 is 0 Å². The second kappa shape index (κ2) is 7.82. The molecule has 1 saturated carbocycles. The first-order valence-corrected chi connectivity index (χ1v) is 8.62. The van der Waals surface area contributed by atoms with Crippen LogP contribution in [0.25, 0.3) is 0 Å².